The smallest absolute Gasteiger partial charge is 0.330 e. The fourth-order valence-electron chi connectivity index (χ4n) is 1.16. The monoisotopic (exact) mass is 289 g/mol. The van der Waals surface area contributed by atoms with Crippen LogP contribution in [0.2, 0.25) is 5.15 Å². The second kappa shape index (κ2) is 6.16. The normalized spacial score (nSPS) is 11.7. The maximum absolute atomic E-state index is 11.8. The number of aromatic nitrogens is 2. The van der Waals surface area contributed by atoms with Crippen molar-refractivity contribution in [2.45, 2.75) is 6.04 Å². The maximum Gasteiger partial charge on any atom is 0.330 e. The van der Waals surface area contributed by atoms with Gasteiger partial charge in [-0.15, -0.1) is 0 Å². The lowest BCUT2D eigenvalue weighted by Gasteiger charge is -2.14. The van der Waals surface area contributed by atoms with Gasteiger partial charge in [-0.1, -0.05) is 11.6 Å². The van der Waals surface area contributed by atoms with Crippen molar-refractivity contribution < 1.29 is 19.4 Å². The highest BCUT2D eigenvalue weighted by Crippen LogP contribution is 2.17. The number of hydrogen-bond donors (Lipinski definition) is 4. The lowest BCUT2D eigenvalue weighted by Crippen LogP contribution is -2.44. The molecule has 6 N–H and O–H groups in total. The lowest BCUT2D eigenvalue weighted by molar-refractivity contribution is -0.143. The third-order valence-electron chi connectivity index (χ3n) is 2.09. The largest absolute Gasteiger partial charge is 0.467 e. The molecule has 19 heavy (non-hydrogen) atoms. The molecule has 104 valence electrons. The second-order valence-corrected chi connectivity index (χ2v) is 3.72. The Bertz CT molecular complexity index is 510. The zero-order valence-electron chi connectivity index (χ0n) is 9.88. The zero-order valence-corrected chi connectivity index (χ0v) is 10.6. The van der Waals surface area contributed by atoms with Crippen LogP contribution in [0.15, 0.2) is 0 Å². The Balaban J connectivity index is 2.95. The Morgan fingerprint density at radius 1 is 1.42 bits per heavy atom. The van der Waals surface area contributed by atoms with Gasteiger partial charge in [0.2, 0.25) is 0 Å². The summed E-state index contributed by atoms with van der Waals surface area (Å²) >= 11 is 5.61. The van der Waals surface area contributed by atoms with E-state index in [1.165, 1.54) is 0 Å². The van der Waals surface area contributed by atoms with Crippen molar-refractivity contribution in [1.29, 1.82) is 0 Å². The van der Waals surface area contributed by atoms with Gasteiger partial charge in [-0.25, -0.2) is 14.8 Å². The lowest BCUT2D eigenvalue weighted by atomic mass is 10.3. The van der Waals surface area contributed by atoms with Gasteiger partial charge in [0, 0.05) is 0 Å². The number of methoxy groups -OCH3 is 1. The molecule has 1 heterocycles. The molecule has 0 unspecified atom stereocenters. The fourth-order valence-corrected chi connectivity index (χ4v) is 1.28. The molecule has 0 aromatic carbocycles. The highest BCUT2D eigenvalue weighted by atomic mass is 35.5. The van der Waals surface area contributed by atoms with Gasteiger partial charge in [0.15, 0.2) is 28.5 Å². The molecule has 0 bridgehead atoms. The van der Waals surface area contributed by atoms with Gasteiger partial charge in [-0.2, -0.15) is 0 Å². The van der Waals surface area contributed by atoms with Gasteiger partial charge >= 0.3 is 5.97 Å². The third kappa shape index (κ3) is 3.42. The van der Waals surface area contributed by atoms with Crippen molar-refractivity contribution in [2.24, 2.45) is 0 Å². The summed E-state index contributed by atoms with van der Waals surface area (Å²) in [5, 5.41) is 10.9. The number of rotatable bonds is 4. The fraction of sp³-hybridized carbons (Fsp3) is 0.333. The Hall–Kier alpha value is -2.13. The molecule has 0 saturated carbocycles. The number of carbonyl (C=O) groups excluding carboxylic acids is 2. The van der Waals surface area contributed by atoms with Gasteiger partial charge in [0.1, 0.15) is 0 Å². The summed E-state index contributed by atoms with van der Waals surface area (Å²) < 4.78 is 4.39. The molecule has 0 fully saturated rings. The predicted octanol–water partition coefficient (Wildman–Crippen LogP) is -1.44. The van der Waals surface area contributed by atoms with Crippen LogP contribution in [0.4, 0.5) is 11.6 Å². The van der Waals surface area contributed by atoms with Gasteiger partial charge in [-0.3, -0.25) is 4.79 Å². The molecule has 0 spiro atoms. The zero-order chi connectivity index (χ0) is 14.6. The number of nitrogens with one attached hydrogen (secondary N) is 1. The summed E-state index contributed by atoms with van der Waals surface area (Å²) in [5.74, 6) is -2.02. The number of nitrogens with two attached hydrogens (primary N) is 2. The van der Waals surface area contributed by atoms with Gasteiger partial charge in [0.25, 0.3) is 5.91 Å². The van der Waals surface area contributed by atoms with E-state index in [4.69, 9.17) is 28.2 Å². The highest BCUT2D eigenvalue weighted by molar-refractivity contribution is 6.31. The van der Waals surface area contributed by atoms with Crippen LogP contribution in [0.1, 0.15) is 10.5 Å². The van der Waals surface area contributed by atoms with Crippen LogP contribution in [0, 0.1) is 0 Å². The number of hydrogen-bond acceptors (Lipinski definition) is 8. The van der Waals surface area contributed by atoms with Crippen LogP contribution >= 0.6 is 11.6 Å². The summed E-state index contributed by atoms with van der Waals surface area (Å²) in [6, 6.07) is -1.24. The van der Waals surface area contributed by atoms with Crippen molar-refractivity contribution in [1.82, 2.24) is 15.3 Å². The van der Waals surface area contributed by atoms with Crippen LogP contribution in [-0.4, -0.2) is 46.7 Å². The molecule has 10 heteroatoms. The minimum atomic E-state index is -1.24. The average Bonchev–Trinajstić information content (AvgIpc) is 2.38. The standard InChI is InChI=1S/C9H12ClN5O4/c1-19-9(18)3(2-16)13-8(17)4-6(11)15-7(12)5(10)14-4/h3,16H,2H2,1H3,(H,13,17)(H4,11,12,15)/t3-/m0/s1. The van der Waals surface area contributed by atoms with Crippen molar-refractivity contribution >= 4 is 35.1 Å². The Kier molecular flexibility index (Phi) is 4.84. The third-order valence-corrected chi connectivity index (χ3v) is 2.37. The number of carbonyl (C=O) groups is 2. The highest BCUT2D eigenvalue weighted by Gasteiger charge is 2.24. The average molecular weight is 290 g/mol. The number of nitrogens with zero attached hydrogens (tertiary/aromatic N) is 2. The topological polar surface area (TPSA) is 153 Å². The van der Waals surface area contributed by atoms with E-state index in [1.807, 2.05) is 0 Å². The number of nitrogen functional groups attached to an aromatic ring is 2. The van der Waals surface area contributed by atoms with Crippen molar-refractivity contribution in [3.8, 4) is 0 Å². The number of ether oxygens (including phenoxy) is 1. The van der Waals surface area contributed by atoms with Crippen LogP contribution in [0.3, 0.4) is 0 Å². The molecule has 1 aromatic heterocycles. The molecule has 1 rings (SSSR count). The first-order chi connectivity index (χ1) is 8.90. The van der Waals surface area contributed by atoms with E-state index in [0.29, 0.717) is 0 Å². The van der Waals surface area contributed by atoms with E-state index < -0.39 is 24.5 Å². The number of aliphatic hydroxyl groups excluding tert-OH is 1. The maximum atomic E-state index is 11.8. The van der Waals surface area contributed by atoms with Crippen molar-refractivity contribution in [2.75, 3.05) is 25.2 Å². The quantitative estimate of drug-likeness (QED) is 0.491. The number of esters is 1. The summed E-state index contributed by atoms with van der Waals surface area (Å²) in [7, 11) is 1.12. The molecule has 0 saturated heterocycles. The Morgan fingerprint density at radius 2 is 2.05 bits per heavy atom. The van der Waals surface area contributed by atoms with Crippen LogP contribution < -0.4 is 16.8 Å². The van der Waals surface area contributed by atoms with Crippen molar-refractivity contribution in [3.05, 3.63) is 10.8 Å². The van der Waals surface area contributed by atoms with E-state index in [0.717, 1.165) is 7.11 Å². The molecule has 0 radical (unpaired) electrons. The molecule has 1 aromatic rings. The molecule has 0 aliphatic rings. The summed E-state index contributed by atoms with van der Waals surface area (Å²) in [4.78, 5) is 30.3. The second-order valence-electron chi connectivity index (χ2n) is 3.37. The van der Waals surface area contributed by atoms with Gasteiger partial charge in [0.05, 0.1) is 13.7 Å². The molecule has 0 aliphatic carbocycles. The molecule has 1 atom stereocenters. The predicted molar refractivity (Wildman–Crippen MR) is 66.2 cm³/mol. The van der Waals surface area contributed by atoms with E-state index >= 15 is 0 Å². The number of aliphatic hydroxyl groups is 1. The van der Waals surface area contributed by atoms with E-state index in [9.17, 15) is 9.59 Å². The summed E-state index contributed by atoms with van der Waals surface area (Å²) in [6.45, 7) is -0.644. The number of amides is 1. The number of halogens is 1. The molecule has 0 aliphatic heterocycles. The van der Waals surface area contributed by atoms with E-state index in [-0.39, 0.29) is 22.5 Å². The summed E-state index contributed by atoms with van der Waals surface area (Å²) in [5.41, 5.74) is 10.5. The minimum absolute atomic E-state index is 0.123. The first kappa shape index (κ1) is 14.9. The van der Waals surface area contributed by atoms with Crippen LogP contribution in [-0.2, 0) is 9.53 Å². The first-order valence-electron chi connectivity index (χ1n) is 4.98. The summed E-state index contributed by atoms with van der Waals surface area (Å²) in [6.07, 6.45) is 0. The molecular weight excluding hydrogens is 278 g/mol. The van der Waals surface area contributed by atoms with Crippen LogP contribution in [0.25, 0.3) is 0 Å². The van der Waals surface area contributed by atoms with E-state index in [2.05, 4.69) is 20.0 Å². The Morgan fingerprint density at radius 3 is 2.58 bits per heavy atom. The van der Waals surface area contributed by atoms with Gasteiger partial charge < -0.3 is 26.6 Å². The molecule has 1 amide bonds. The van der Waals surface area contributed by atoms with Crippen molar-refractivity contribution in [3.63, 3.8) is 0 Å². The van der Waals surface area contributed by atoms with E-state index in [1.54, 1.807) is 0 Å². The molecule has 9 nitrogen and oxygen atoms in total. The number of anilines is 2. The SMILES string of the molecule is COC(=O)[C@H](CO)NC(=O)c1nc(Cl)c(N)nc1N. The minimum Gasteiger partial charge on any atom is -0.467 e. The van der Waals surface area contributed by atoms with Crippen LogP contribution in [0.5, 0.6) is 0 Å². The Labute approximate surface area is 112 Å². The van der Waals surface area contributed by atoms with Gasteiger partial charge in [-0.05, 0) is 0 Å². The molecular formula is C9H12ClN5O4. The first-order valence-corrected chi connectivity index (χ1v) is 5.36.